The lowest BCUT2D eigenvalue weighted by atomic mass is 9.96. The number of nitrogens with one attached hydrogen (secondary N) is 1. The molecule has 0 bridgehead atoms. The first kappa shape index (κ1) is 14.6. The van der Waals surface area contributed by atoms with Gasteiger partial charge in [0.15, 0.2) is 0 Å². The van der Waals surface area contributed by atoms with Gasteiger partial charge in [0.1, 0.15) is 12.6 Å². The van der Waals surface area contributed by atoms with Crippen LogP contribution in [0.3, 0.4) is 0 Å². The number of nitroso groups, excluding NO2 is 1. The first-order chi connectivity index (χ1) is 11.1. The Hall–Kier alpha value is -3.29. The van der Waals surface area contributed by atoms with Crippen molar-refractivity contribution in [3.63, 3.8) is 0 Å². The number of carbonyl (C=O) groups is 1. The average molecular weight is 312 g/mol. The van der Waals surface area contributed by atoms with Gasteiger partial charge in [-0.2, -0.15) is 0 Å². The monoisotopic (exact) mass is 312 g/mol. The van der Waals surface area contributed by atoms with Crippen LogP contribution in [0.5, 0.6) is 0 Å². The number of hydrogen-bond acceptors (Lipinski definition) is 5. The number of anilines is 1. The number of hydrogen-bond donors (Lipinski definition) is 1. The third-order valence-electron chi connectivity index (χ3n) is 3.64. The predicted octanol–water partition coefficient (Wildman–Crippen LogP) is 2.62. The Morgan fingerprint density at radius 1 is 1.22 bits per heavy atom. The van der Waals surface area contributed by atoms with Gasteiger partial charge in [-0.1, -0.05) is 30.3 Å². The Balaban J connectivity index is 2.22. The maximum absolute atomic E-state index is 11.9. The fourth-order valence-corrected chi connectivity index (χ4v) is 2.66. The highest BCUT2D eigenvalue weighted by molar-refractivity contribution is 5.94. The van der Waals surface area contributed by atoms with Crippen LogP contribution >= 0.6 is 0 Å². The molecule has 3 rings (SSSR count). The minimum absolute atomic E-state index is 0.119. The van der Waals surface area contributed by atoms with Crippen molar-refractivity contribution in [3.05, 3.63) is 74.7 Å². The van der Waals surface area contributed by atoms with E-state index in [1.807, 2.05) is 6.07 Å². The summed E-state index contributed by atoms with van der Waals surface area (Å²) >= 11 is 0. The van der Waals surface area contributed by atoms with E-state index in [0.29, 0.717) is 16.8 Å². The molecule has 1 aliphatic heterocycles. The Morgan fingerprint density at radius 3 is 2.61 bits per heavy atom. The fraction of sp³-hybridized carbons (Fsp3) is 0.133. The van der Waals surface area contributed by atoms with Gasteiger partial charge in [-0.05, 0) is 11.6 Å². The van der Waals surface area contributed by atoms with Crippen molar-refractivity contribution in [1.82, 2.24) is 5.01 Å². The van der Waals surface area contributed by atoms with Crippen molar-refractivity contribution in [2.24, 2.45) is 5.29 Å². The molecule has 0 radical (unpaired) electrons. The molecule has 1 amide bonds. The quantitative estimate of drug-likeness (QED) is 0.533. The van der Waals surface area contributed by atoms with Crippen LogP contribution in [0.4, 0.5) is 11.4 Å². The highest BCUT2D eigenvalue weighted by Crippen LogP contribution is 2.37. The van der Waals surface area contributed by atoms with Crippen LogP contribution in [0.15, 0.2) is 53.8 Å². The summed E-state index contributed by atoms with van der Waals surface area (Å²) in [6.07, 6.45) is 0. The molecular formula is C15H12N4O4. The molecule has 0 aromatic heterocycles. The van der Waals surface area contributed by atoms with Crippen molar-refractivity contribution in [3.8, 4) is 0 Å². The molecule has 1 heterocycles. The molecule has 0 fully saturated rings. The lowest BCUT2D eigenvalue weighted by Gasteiger charge is -2.24. The van der Waals surface area contributed by atoms with E-state index < -0.39 is 16.9 Å². The minimum Gasteiger partial charge on any atom is -0.324 e. The standard InChI is InChI=1S/C15H12N4O4/c20-14-9-18(17-21)15(10-4-2-1-3-5-10)12-8-11(19(22)23)6-7-13(12)16-14/h1-8,15H,9H2,(H,16,20). The summed E-state index contributed by atoms with van der Waals surface area (Å²) in [6, 6.07) is 12.4. The maximum Gasteiger partial charge on any atom is 0.269 e. The highest BCUT2D eigenvalue weighted by atomic mass is 16.6. The number of nitrogens with zero attached hydrogens (tertiary/aromatic N) is 3. The summed E-state index contributed by atoms with van der Waals surface area (Å²) in [7, 11) is 0. The van der Waals surface area contributed by atoms with E-state index >= 15 is 0 Å². The van der Waals surface area contributed by atoms with Gasteiger partial charge in [0.2, 0.25) is 5.91 Å². The molecule has 2 aromatic rings. The second-order valence-electron chi connectivity index (χ2n) is 5.07. The third kappa shape index (κ3) is 2.73. The number of benzene rings is 2. The summed E-state index contributed by atoms with van der Waals surface area (Å²) in [5, 5.41) is 17.7. The highest BCUT2D eigenvalue weighted by Gasteiger charge is 2.31. The Bertz CT molecular complexity index is 778. The summed E-state index contributed by atoms with van der Waals surface area (Å²) in [5.74, 6) is -0.405. The van der Waals surface area contributed by atoms with E-state index in [1.54, 1.807) is 24.3 Å². The predicted molar refractivity (Wildman–Crippen MR) is 82.5 cm³/mol. The topological polar surface area (TPSA) is 105 Å². The number of fused-ring (bicyclic) bond motifs is 1. The smallest absolute Gasteiger partial charge is 0.269 e. The number of rotatable bonds is 3. The molecule has 1 unspecified atom stereocenters. The zero-order chi connectivity index (χ0) is 16.4. The second-order valence-corrected chi connectivity index (χ2v) is 5.07. The minimum atomic E-state index is -0.678. The molecule has 2 aromatic carbocycles. The van der Waals surface area contributed by atoms with Crippen molar-refractivity contribution in [2.45, 2.75) is 6.04 Å². The van der Waals surface area contributed by atoms with E-state index in [2.05, 4.69) is 10.6 Å². The van der Waals surface area contributed by atoms with Gasteiger partial charge in [-0.25, -0.2) is 5.01 Å². The molecule has 0 saturated heterocycles. The van der Waals surface area contributed by atoms with Gasteiger partial charge >= 0.3 is 0 Å². The van der Waals surface area contributed by atoms with Crippen molar-refractivity contribution in [2.75, 3.05) is 11.9 Å². The molecular weight excluding hydrogens is 300 g/mol. The zero-order valence-corrected chi connectivity index (χ0v) is 11.9. The summed E-state index contributed by atoms with van der Waals surface area (Å²) in [5.41, 5.74) is 1.48. The number of non-ortho nitro benzene ring substituents is 1. The lowest BCUT2D eigenvalue weighted by molar-refractivity contribution is -0.384. The summed E-state index contributed by atoms with van der Waals surface area (Å²) in [6.45, 7) is -0.231. The molecule has 8 heteroatoms. The van der Waals surface area contributed by atoms with Crippen LogP contribution in [0.2, 0.25) is 0 Å². The molecule has 8 nitrogen and oxygen atoms in total. The largest absolute Gasteiger partial charge is 0.324 e. The molecule has 116 valence electrons. The number of nitro benzene ring substituents is 1. The first-order valence-corrected chi connectivity index (χ1v) is 6.83. The van der Waals surface area contributed by atoms with E-state index in [4.69, 9.17) is 0 Å². The maximum atomic E-state index is 11.9. The molecule has 1 N–H and O–H groups in total. The van der Waals surface area contributed by atoms with Crippen LogP contribution < -0.4 is 5.32 Å². The normalized spacial score (nSPS) is 17.0. The number of amides is 1. The van der Waals surface area contributed by atoms with Crippen LogP contribution in [0.25, 0.3) is 0 Å². The van der Waals surface area contributed by atoms with Crippen LogP contribution in [-0.2, 0) is 4.79 Å². The van der Waals surface area contributed by atoms with Gasteiger partial charge in [-0.3, -0.25) is 14.9 Å². The van der Waals surface area contributed by atoms with Crippen molar-refractivity contribution < 1.29 is 9.72 Å². The van der Waals surface area contributed by atoms with Gasteiger partial charge in [0, 0.05) is 23.4 Å². The molecule has 1 aliphatic rings. The van der Waals surface area contributed by atoms with Crippen LogP contribution in [0.1, 0.15) is 17.2 Å². The van der Waals surface area contributed by atoms with Crippen molar-refractivity contribution in [1.29, 1.82) is 0 Å². The Morgan fingerprint density at radius 2 is 1.96 bits per heavy atom. The molecule has 23 heavy (non-hydrogen) atoms. The lowest BCUT2D eigenvalue weighted by Crippen LogP contribution is -2.29. The van der Waals surface area contributed by atoms with Gasteiger partial charge in [-0.15, -0.1) is 4.91 Å². The van der Waals surface area contributed by atoms with E-state index in [9.17, 15) is 19.8 Å². The Kier molecular flexibility index (Phi) is 3.71. The average Bonchev–Trinajstić information content (AvgIpc) is 2.70. The van der Waals surface area contributed by atoms with Crippen molar-refractivity contribution >= 4 is 17.3 Å². The molecule has 0 saturated carbocycles. The molecule has 0 spiro atoms. The van der Waals surface area contributed by atoms with Crippen LogP contribution in [0, 0.1) is 15.0 Å². The third-order valence-corrected chi connectivity index (χ3v) is 3.64. The Labute approximate surface area is 130 Å². The van der Waals surface area contributed by atoms with Gasteiger partial charge in [0.05, 0.1) is 10.2 Å². The molecule has 1 atom stereocenters. The molecule has 0 aliphatic carbocycles. The number of carbonyl (C=O) groups excluding carboxylic acids is 1. The van der Waals surface area contributed by atoms with E-state index in [-0.39, 0.29) is 12.2 Å². The zero-order valence-electron chi connectivity index (χ0n) is 11.9. The van der Waals surface area contributed by atoms with E-state index in [0.717, 1.165) is 5.01 Å². The SMILES string of the molecule is O=NN1CC(=O)Nc2ccc([N+](=O)[O-])cc2C1c1ccccc1. The number of nitro groups is 1. The first-order valence-electron chi connectivity index (χ1n) is 6.83. The van der Waals surface area contributed by atoms with Gasteiger partial charge in [0.25, 0.3) is 5.69 Å². The van der Waals surface area contributed by atoms with Crippen LogP contribution in [-0.4, -0.2) is 22.4 Å². The summed E-state index contributed by atoms with van der Waals surface area (Å²) in [4.78, 5) is 33.7. The van der Waals surface area contributed by atoms with Gasteiger partial charge < -0.3 is 5.32 Å². The fourth-order valence-electron chi connectivity index (χ4n) is 2.66. The second kappa shape index (κ2) is 5.84. The summed E-state index contributed by atoms with van der Waals surface area (Å²) < 4.78 is 0. The van der Waals surface area contributed by atoms with E-state index in [1.165, 1.54) is 18.2 Å².